The molecule has 0 saturated carbocycles. The molecule has 0 aliphatic carbocycles. The molecule has 0 saturated heterocycles. The van der Waals surface area contributed by atoms with E-state index in [4.69, 9.17) is 38.7 Å². The summed E-state index contributed by atoms with van der Waals surface area (Å²) in [5.74, 6) is 2.48. The lowest BCUT2D eigenvalue weighted by Crippen LogP contribution is -2.06. The van der Waals surface area contributed by atoms with Crippen LogP contribution in [0.5, 0.6) is 0 Å². The second-order valence-corrected chi connectivity index (χ2v) is 39.3. The minimum Gasteiger partial charge on any atom is -0.456 e. The van der Waals surface area contributed by atoms with Gasteiger partial charge < -0.3 is 8.83 Å². The summed E-state index contributed by atoms with van der Waals surface area (Å²) in [5.41, 5.74) is 31.1. The first-order valence-corrected chi connectivity index (χ1v) is 50.4. The van der Waals surface area contributed by atoms with Crippen molar-refractivity contribution in [2.24, 2.45) is 0 Å². The summed E-state index contributed by atoms with van der Waals surface area (Å²) in [7, 11) is 0. The fourth-order valence-electron chi connectivity index (χ4n) is 23.8. The first-order valence-electron chi connectivity index (χ1n) is 49.6. The number of para-hydroxylation sites is 15. The van der Waals surface area contributed by atoms with Crippen molar-refractivity contribution in [1.82, 2.24) is 56.8 Å². The van der Waals surface area contributed by atoms with Crippen molar-refractivity contribution in [3.63, 3.8) is 0 Å². The van der Waals surface area contributed by atoms with Crippen LogP contribution in [0.3, 0.4) is 0 Å². The summed E-state index contributed by atoms with van der Waals surface area (Å²) in [6, 6.07) is 164. The number of benzene rings is 22. The first-order chi connectivity index (χ1) is 72.9. The van der Waals surface area contributed by atoms with Crippen LogP contribution < -0.4 is 0 Å². The monoisotopic (exact) mass is 1890 g/mol. The second-order valence-electron chi connectivity index (χ2n) is 38.2. The molecule has 14 nitrogen and oxygen atoms in total. The van der Waals surface area contributed by atoms with E-state index in [9.17, 15) is 0 Å². The van der Waals surface area contributed by atoms with Crippen LogP contribution in [0.25, 0.3) is 307 Å². The SMILES string of the molecule is c1ccc2c(c1)nc(-n1c3ccccc3c3cc(-c4ccc(-c5cccc6c5oc5ccccc56)cc4)c4ccccc4c31)n1c3ccccc3nc21.c1ccc2c(c1)nc(-n1c3ccccc3c3cc(-c4ccc5c(c4)oc4ccccc45)c4ccccc4c31)n1c3ccccc3nc21.c1ccc2c(c1)nc(-n1c3ccccc3c3cc(-c4ccc5c(c4)sc4ccccc45)c4ccccc4c31)n1c3ccccc3nc21. The minimum absolute atomic E-state index is 0.820. The molecular formula is C132H76N12O2S. The van der Waals surface area contributed by atoms with Gasteiger partial charge in [0, 0.05) is 112 Å². The van der Waals surface area contributed by atoms with Gasteiger partial charge in [-0.1, -0.05) is 315 Å². The molecule has 682 valence electrons. The number of fused-ring (bicyclic) bond motifs is 39. The van der Waals surface area contributed by atoms with Crippen molar-refractivity contribution in [2.45, 2.75) is 0 Å². The number of imidazole rings is 3. The summed E-state index contributed by atoms with van der Waals surface area (Å²) in [6.45, 7) is 0. The molecule has 0 bridgehead atoms. The van der Waals surface area contributed by atoms with E-state index >= 15 is 0 Å². The Bertz CT molecular complexity index is 11300. The fraction of sp³-hybridized carbons (Fsp3) is 0. The van der Waals surface area contributed by atoms with E-state index in [2.05, 4.69) is 439 Å². The summed E-state index contributed by atoms with van der Waals surface area (Å²) < 4.78 is 29.1. The highest BCUT2D eigenvalue weighted by Gasteiger charge is 2.30. The molecular weight excluding hydrogens is 1820 g/mol. The van der Waals surface area contributed by atoms with E-state index in [1.807, 2.05) is 59.9 Å². The van der Waals surface area contributed by atoms with E-state index in [1.165, 1.54) is 102 Å². The van der Waals surface area contributed by atoms with Crippen LogP contribution in [0, 0.1) is 0 Å². The van der Waals surface area contributed by atoms with Gasteiger partial charge in [0.1, 0.15) is 39.3 Å². The van der Waals surface area contributed by atoms with Crippen LogP contribution in [0.4, 0.5) is 0 Å². The van der Waals surface area contributed by atoms with Gasteiger partial charge >= 0.3 is 0 Å². The van der Waals surface area contributed by atoms with Crippen LogP contribution >= 0.6 is 11.3 Å². The number of aromatic nitrogens is 12. The first kappa shape index (κ1) is 81.0. The quantitative estimate of drug-likeness (QED) is 0.154. The molecule has 0 amide bonds. The number of nitrogens with zero attached hydrogens (tertiary/aromatic N) is 12. The topological polar surface area (TPSA) is 132 Å². The molecule has 12 aromatic heterocycles. The fourth-order valence-corrected chi connectivity index (χ4v) is 25.0. The molecule has 0 N–H and O–H groups in total. The zero-order valence-electron chi connectivity index (χ0n) is 78.5. The lowest BCUT2D eigenvalue weighted by atomic mass is 9.93. The predicted octanol–water partition coefficient (Wildman–Crippen LogP) is 34.7. The largest absolute Gasteiger partial charge is 0.456 e. The smallest absolute Gasteiger partial charge is 0.221 e. The van der Waals surface area contributed by atoms with Gasteiger partial charge in [-0.15, -0.1) is 11.3 Å². The maximum Gasteiger partial charge on any atom is 0.221 e. The molecule has 12 heterocycles. The van der Waals surface area contributed by atoms with Crippen LogP contribution in [0.2, 0.25) is 0 Å². The molecule has 34 aromatic rings. The number of thiophene rings is 1. The maximum atomic E-state index is 6.39. The Hall–Kier alpha value is -19.7. The zero-order chi connectivity index (χ0) is 95.9. The summed E-state index contributed by atoms with van der Waals surface area (Å²) >= 11 is 1.87. The van der Waals surface area contributed by atoms with Crippen molar-refractivity contribution < 1.29 is 8.83 Å². The van der Waals surface area contributed by atoms with Gasteiger partial charge in [-0.05, 0) is 201 Å². The molecule has 34 rings (SSSR count). The molecule has 147 heavy (non-hydrogen) atoms. The highest BCUT2D eigenvalue weighted by Crippen LogP contribution is 2.50. The van der Waals surface area contributed by atoms with E-state index in [-0.39, 0.29) is 0 Å². The van der Waals surface area contributed by atoms with E-state index in [0.717, 1.165) is 205 Å². The molecule has 0 atom stereocenters. The summed E-state index contributed by atoms with van der Waals surface area (Å²) in [6.07, 6.45) is 0. The van der Waals surface area contributed by atoms with Gasteiger partial charge in [-0.3, -0.25) is 26.9 Å². The molecule has 0 unspecified atom stereocenters. The average Bonchev–Trinajstić information content (AvgIpc) is 1.55. The zero-order valence-corrected chi connectivity index (χ0v) is 79.3. The highest BCUT2D eigenvalue weighted by molar-refractivity contribution is 7.25. The third-order valence-corrected chi connectivity index (χ3v) is 31.4. The summed E-state index contributed by atoms with van der Waals surface area (Å²) in [5, 5.41) is 24.5. The van der Waals surface area contributed by atoms with Crippen molar-refractivity contribution >= 4 is 256 Å². The molecule has 0 fully saturated rings. The van der Waals surface area contributed by atoms with Crippen LogP contribution in [-0.2, 0) is 0 Å². The van der Waals surface area contributed by atoms with Gasteiger partial charge in [0.05, 0.1) is 82.8 Å². The maximum absolute atomic E-state index is 6.39. The molecule has 22 aromatic carbocycles. The van der Waals surface area contributed by atoms with Crippen LogP contribution in [0.1, 0.15) is 0 Å². The van der Waals surface area contributed by atoms with Gasteiger partial charge in [0.2, 0.25) is 17.8 Å². The van der Waals surface area contributed by atoms with E-state index < -0.39 is 0 Å². The Labute approximate surface area is 838 Å². The molecule has 0 spiro atoms. The van der Waals surface area contributed by atoms with Gasteiger partial charge in [0.25, 0.3) is 0 Å². The highest BCUT2D eigenvalue weighted by atomic mass is 32.1. The van der Waals surface area contributed by atoms with Crippen molar-refractivity contribution in [2.75, 3.05) is 0 Å². The number of hydrogen-bond donors (Lipinski definition) is 0. The Balaban J connectivity index is 0.0000000982. The Morgan fingerprint density at radius 2 is 0.469 bits per heavy atom. The average molecular weight is 1890 g/mol. The van der Waals surface area contributed by atoms with Crippen LogP contribution in [0.15, 0.2) is 470 Å². The van der Waals surface area contributed by atoms with E-state index in [0.29, 0.717) is 0 Å². The van der Waals surface area contributed by atoms with Crippen LogP contribution in [-0.4, -0.2) is 56.8 Å². The predicted molar refractivity (Wildman–Crippen MR) is 609 cm³/mol. The molecule has 15 heteroatoms. The normalized spacial score (nSPS) is 12.2. The summed E-state index contributed by atoms with van der Waals surface area (Å²) in [4.78, 5) is 31.6. The van der Waals surface area contributed by atoms with Crippen molar-refractivity contribution in [3.05, 3.63) is 461 Å². The number of rotatable bonds is 7. The van der Waals surface area contributed by atoms with Gasteiger partial charge in [-0.2, -0.15) is 0 Å². The Morgan fingerprint density at radius 3 is 0.912 bits per heavy atom. The lowest BCUT2D eigenvalue weighted by Gasteiger charge is -2.15. The second kappa shape index (κ2) is 31.4. The van der Waals surface area contributed by atoms with Gasteiger partial charge in [0.15, 0.2) is 0 Å². The Morgan fingerprint density at radius 1 is 0.170 bits per heavy atom. The molecule has 0 aliphatic rings. The lowest BCUT2D eigenvalue weighted by molar-refractivity contribution is 0.669. The Kier molecular flexibility index (Phi) is 17.3. The van der Waals surface area contributed by atoms with Crippen molar-refractivity contribution in [3.8, 4) is 62.4 Å². The van der Waals surface area contributed by atoms with E-state index in [1.54, 1.807) is 0 Å². The molecule has 0 aliphatic heterocycles. The van der Waals surface area contributed by atoms with Gasteiger partial charge in [-0.25, -0.2) is 29.9 Å². The standard InChI is InChI=1S/C48H28N4O.C42H24N4O.C42H24N4S/c1-2-15-35-32(12-1)38(30-26-24-29(25-27-30)31-17-11-18-36-34-14-5-10-23-44(34)53-46(31)36)28-39-33-13-4-8-21-42(33)51(45(35)39)48-50-40-19-6-3-16-37(40)47-49-41-20-7-9-22-43(41)52(47)48;2*1-2-14-30-26(11-1)32(25-21-22-29-28-13-5-10-20-38(28)47-39(29)23-25)24-33-27-12-4-8-18-36(27)45(40(30)33)42-44-34-16-6-3-15-31(34)41-43-35-17-7-9-19-37(35)46(41)42/h1-28H;2*1-24H. The number of hydrogen-bond acceptors (Lipinski definition) is 9. The molecule has 0 radical (unpaired) electrons. The third kappa shape index (κ3) is 12.0. The minimum atomic E-state index is 0.820. The third-order valence-electron chi connectivity index (χ3n) is 30.3. The van der Waals surface area contributed by atoms with Crippen molar-refractivity contribution in [1.29, 1.82) is 0 Å². The number of furan rings is 2.